The minimum Gasteiger partial charge on any atom is -0.480 e. The lowest BCUT2D eigenvalue weighted by Crippen LogP contribution is -2.47. The number of fused-ring (bicyclic) bond motifs is 3. The Morgan fingerprint density at radius 1 is 1.10 bits per heavy atom. The summed E-state index contributed by atoms with van der Waals surface area (Å²) in [4.78, 5) is 22.4. The molecule has 0 unspecified atom stereocenters. The second kappa shape index (κ2) is 7.71. The van der Waals surface area contributed by atoms with Crippen LogP contribution < -0.4 is 5.32 Å². The molecule has 0 amide bonds. The molecule has 3 aromatic rings. The Hall–Kier alpha value is -2.94. The minimum atomic E-state index is -4.83. The first-order valence-electron chi connectivity index (χ1n) is 9.05. The van der Waals surface area contributed by atoms with Crippen LogP contribution in [-0.4, -0.2) is 35.2 Å². The Bertz CT molecular complexity index is 1100. The van der Waals surface area contributed by atoms with Crippen molar-refractivity contribution in [3.8, 4) is 0 Å². The fraction of sp³-hybridized carbons (Fsp3) is 0.333. The van der Waals surface area contributed by atoms with Gasteiger partial charge in [-0.25, -0.2) is 4.39 Å². The molecule has 9 heteroatoms. The van der Waals surface area contributed by atoms with Crippen LogP contribution in [0.15, 0.2) is 40.8 Å². The smallest absolute Gasteiger partial charge is 0.407 e. The lowest BCUT2D eigenvalue weighted by Gasteiger charge is -2.28. The van der Waals surface area contributed by atoms with Crippen molar-refractivity contribution in [2.24, 2.45) is 0 Å². The van der Waals surface area contributed by atoms with E-state index >= 15 is 0 Å². The van der Waals surface area contributed by atoms with Crippen LogP contribution in [0.3, 0.4) is 0 Å². The molecule has 30 heavy (non-hydrogen) atoms. The normalized spacial score (nSPS) is 14.7. The van der Waals surface area contributed by atoms with Crippen molar-refractivity contribution in [3.05, 3.63) is 47.5 Å². The topological polar surface area (TPSA) is 79.5 Å². The van der Waals surface area contributed by atoms with Gasteiger partial charge in [0.05, 0.1) is 0 Å². The Balaban J connectivity index is 2.04. The van der Waals surface area contributed by atoms with Gasteiger partial charge in [0, 0.05) is 22.8 Å². The SMILES string of the molecule is CC(C)(F)C[C@H](N[C@@H](c1ccc2c(c1)oc1ccc(C=O)cc12)C(F)(F)F)C(=O)O. The zero-order valence-corrected chi connectivity index (χ0v) is 16.1. The minimum absolute atomic E-state index is 0.152. The molecule has 3 rings (SSSR count). The van der Waals surface area contributed by atoms with Crippen LogP contribution in [-0.2, 0) is 4.79 Å². The van der Waals surface area contributed by atoms with Crippen molar-refractivity contribution >= 4 is 34.2 Å². The van der Waals surface area contributed by atoms with Crippen LogP contribution in [0.25, 0.3) is 21.9 Å². The molecule has 0 aliphatic rings. The summed E-state index contributed by atoms with van der Waals surface area (Å²) in [5, 5.41) is 12.4. The van der Waals surface area contributed by atoms with E-state index in [0.29, 0.717) is 28.2 Å². The molecule has 0 radical (unpaired) electrons. The maximum absolute atomic E-state index is 13.9. The van der Waals surface area contributed by atoms with Gasteiger partial charge in [-0.1, -0.05) is 12.1 Å². The van der Waals surface area contributed by atoms with E-state index in [0.717, 1.165) is 13.8 Å². The van der Waals surface area contributed by atoms with Gasteiger partial charge in [0.1, 0.15) is 35.2 Å². The van der Waals surface area contributed by atoms with E-state index in [4.69, 9.17) is 4.42 Å². The van der Waals surface area contributed by atoms with E-state index in [1.54, 1.807) is 12.1 Å². The molecule has 0 aliphatic carbocycles. The van der Waals surface area contributed by atoms with E-state index in [1.807, 2.05) is 5.32 Å². The number of halogens is 4. The zero-order valence-electron chi connectivity index (χ0n) is 16.1. The van der Waals surface area contributed by atoms with Crippen molar-refractivity contribution in [3.63, 3.8) is 0 Å². The van der Waals surface area contributed by atoms with Gasteiger partial charge in [-0.05, 0) is 43.7 Å². The van der Waals surface area contributed by atoms with Crippen molar-refractivity contribution in [2.45, 2.75) is 44.2 Å². The molecule has 1 aromatic heterocycles. The van der Waals surface area contributed by atoms with Gasteiger partial charge in [-0.3, -0.25) is 14.9 Å². The van der Waals surface area contributed by atoms with Gasteiger partial charge in [-0.2, -0.15) is 13.2 Å². The molecular weight excluding hydrogens is 406 g/mol. The predicted octanol–water partition coefficient (Wildman–Crippen LogP) is 5.18. The fourth-order valence-corrected chi connectivity index (χ4v) is 3.35. The first kappa shape index (κ1) is 21.8. The number of carbonyl (C=O) groups is 2. The number of benzene rings is 2. The highest BCUT2D eigenvalue weighted by atomic mass is 19.4. The molecular formula is C21H19F4NO4. The maximum atomic E-state index is 13.9. The van der Waals surface area contributed by atoms with E-state index in [9.17, 15) is 32.3 Å². The number of aliphatic carboxylic acids is 1. The fourth-order valence-electron chi connectivity index (χ4n) is 3.35. The standard InChI is InChI=1S/C21H19F4NO4/c1-20(2,22)9-15(19(28)29)26-18(21(23,24)25)12-4-5-13-14-7-11(10-27)3-6-16(14)30-17(13)8-12/h3-8,10,15,18,26H,9H2,1-2H3,(H,28,29)/t15-,18-/m0/s1. The van der Waals surface area contributed by atoms with Crippen LogP contribution in [0.1, 0.15) is 42.2 Å². The van der Waals surface area contributed by atoms with Crippen molar-refractivity contribution in [1.82, 2.24) is 5.32 Å². The molecule has 0 bridgehead atoms. The molecule has 160 valence electrons. The molecule has 0 fully saturated rings. The summed E-state index contributed by atoms with van der Waals surface area (Å²) in [7, 11) is 0. The predicted molar refractivity (Wildman–Crippen MR) is 102 cm³/mol. The number of aldehydes is 1. The van der Waals surface area contributed by atoms with Crippen LogP contribution in [0.5, 0.6) is 0 Å². The average Bonchev–Trinajstić information content (AvgIpc) is 2.99. The molecule has 2 atom stereocenters. The highest BCUT2D eigenvalue weighted by molar-refractivity contribution is 6.06. The highest BCUT2D eigenvalue weighted by Gasteiger charge is 2.44. The number of hydrogen-bond donors (Lipinski definition) is 2. The number of hydrogen-bond acceptors (Lipinski definition) is 4. The quantitative estimate of drug-likeness (QED) is 0.403. The first-order valence-corrected chi connectivity index (χ1v) is 9.05. The van der Waals surface area contributed by atoms with Gasteiger partial charge < -0.3 is 9.52 Å². The highest BCUT2D eigenvalue weighted by Crippen LogP contribution is 2.37. The number of alkyl halides is 4. The molecule has 0 saturated carbocycles. The number of carbonyl (C=O) groups excluding carboxylic acids is 1. The Kier molecular flexibility index (Phi) is 5.60. The van der Waals surface area contributed by atoms with E-state index in [-0.39, 0.29) is 11.1 Å². The van der Waals surface area contributed by atoms with E-state index < -0.39 is 36.3 Å². The summed E-state index contributed by atoms with van der Waals surface area (Å²) in [6, 6.07) is 4.33. The third-order valence-electron chi connectivity index (χ3n) is 4.67. The third-order valence-corrected chi connectivity index (χ3v) is 4.67. The van der Waals surface area contributed by atoms with Gasteiger partial charge in [0.15, 0.2) is 0 Å². The Morgan fingerprint density at radius 2 is 1.80 bits per heavy atom. The Labute approximate surface area is 168 Å². The van der Waals surface area contributed by atoms with Gasteiger partial charge in [0.25, 0.3) is 0 Å². The summed E-state index contributed by atoms with van der Waals surface area (Å²) >= 11 is 0. The lowest BCUT2D eigenvalue weighted by atomic mass is 9.97. The Morgan fingerprint density at radius 3 is 2.37 bits per heavy atom. The molecule has 2 aromatic carbocycles. The number of carboxylic acid groups (broad SMARTS) is 1. The van der Waals surface area contributed by atoms with Gasteiger partial charge in [0.2, 0.25) is 0 Å². The number of carboxylic acids is 1. The molecule has 0 aliphatic heterocycles. The maximum Gasteiger partial charge on any atom is 0.407 e. The van der Waals surface area contributed by atoms with Crippen LogP contribution in [0.4, 0.5) is 17.6 Å². The second-order valence-corrected chi connectivity index (χ2v) is 7.69. The molecule has 0 saturated heterocycles. The first-order chi connectivity index (χ1) is 13.9. The molecule has 1 heterocycles. The van der Waals surface area contributed by atoms with Crippen molar-refractivity contribution in [2.75, 3.05) is 0 Å². The van der Waals surface area contributed by atoms with Gasteiger partial charge >= 0.3 is 12.1 Å². The van der Waals surface area contributed by atoms with Crippen molar-refractivity contribution in [1.29, 1.82) is 0 Å². The largest absolute Gasteiger partial charge is 0.480 e. The van der Waals surface area contributed by atoms with Crippen LogP contribution in [0.2, 0.25) is 0 Å². The average molecular weight is 425 g/mol. The second-order valence-electron chi connectivity index (χ2n) is 7.69. The van der Waals surface area contributed by atoms with E-state index in [1.165, 1.54) is 24.3 Å². The monoisotopic (exact) mass is 425 g/mol. The summed E-state index contributed by atoms with van der Waals surface area (Å²) in [6.07, 6.45) is -4.83. The summed E-state index contributed by atoms with van der Waals surface area (Å²) < 4.78 is 60.8. The molecule has 2 N–H and O–H groups in total. The summed E-state index contributed by atoms with van der Waals surface area (Å²) in [6.45, 7) is 2.20. The number of nitrogens with one attached hydrogen (secondary N) is 1. The summed E-state index contributed by atoms with van der Waals surface area (Å²) in [5.74, 6) is -1.58. The van der Waals surface area contributed by atoms with Gasteiger partial charge in [-0.15, -0.1) is 0 Å². The molecule has 0 spiro atoms. The third kappa shape index (κ3) is 4.62. The molecule has 5 nitrogen and oxygen atoms in total. The van der Waals surface area contributed by atoms with Crippen molar-refractivity contribution < 1.29 is 36.7 Å². The van der Waals surface area contributed by atoms with Crippen LogP contribution in [0, 0.1) is 0 Å². The van der Waals surface area contributed by atoms with E-state index in [2.05, 4.69) is 0 Å². The summed E-state index contributed by atoms with van der Waals surface area (Å²) in [5.41, 5.74) is -1.31. The lowest BCUT2D eigenvalue weighted by molar-refractivity contribution is -0.164. The number of furan rings is 1. The number of rotatable bonds is 7. The zero-order chi connectivity index (χ0) is 22.3. The van der Waals surface area contributed by atoms with Crippen LogP contribution >= 0.6 is 0 Å².